The Hall–Kier alpha value is -2.11. The maximum atomic E-state index is 13.3. The molecule has 6 heteroatoms. The molecule has 0 heterocycles. The number of amides is 1. The van der Waals surface area contributed by atoms with Gasteiger partial charge in [0.1, 0.15) is 17.1 Å². The van der Waals surface area contributed by atoms with E-state index in [0.717, 1.165) is 6.07 Å². The molecule has 0 bridgehead atoms. The van der Waals surface area contributed by atoms with E-state index < -0.39 is 17.7 Å². The van der Waals surface area contributed by atoms with Crippen LogP contribution in [0, 0.1) is 5.82 Å². The normalized spacial score (nSPS) is 9.76. The third-order valence-corrected chi connectivity index (χ3v) is 2.01. The van der Waals surface area contributed by atoms with E-state index in [9.17, 15) is 14.0 Å². The predicted octanol–water partition coefficient (Wildman–Crippen LogP) is 0.866. The molecule has 1 amide bonds. The minimum atomic E-state index is -0.920. The molecule has 0 unspecified atom stereocenters. The summed E-state index contributed by atoms with van der Waals surface area (Å²) in [5.41, 5.74) is 4.70. The fraction of sp³-hybridized carbons (Fsp3) is 0.273. The second-order valence-electron chi connectivity index (χ2n) is 3.15. The number of hydrogen-bond acceptors (Lipinski definition) is 4. The summed E-state index contributed by atoms with van der Waals surface area (Å²) in [6.07, 6.45) is 0.00517. The van der Waals surface area contributed by atoms with Crippen LogP contribution in [0.3, 0.4) is 0 Å². The van der Waals surface area contributed by atoms with Gasteiger partial charge in [0.15, 0.2) is 0 Å². The Labute approximate surface area is 97.3 Å². The van der Waals surface area contributed by atoms with Crippen LogP contribution < -0.4 is 10.5 Å². The van der Waals surface area contributed by atoms with E-state index in [2.05, 4.69) is 4.74 Å². The lowest BCUT2D eigenvalue weighted by Crippen LogP contribution is -2.16. The van der Waals surface area contributed by atoms with E-state index in [-0.39, 0.29) is 24.3 Å². The first-order chi connectivity index (χ1) is 8.06. The van der Waals surface area contributed by atoms with Crippen molar-refractivity contribution in [3.63, 3.8) is 0 Å². The van der Waals surface area contributed by atoms with Crippen LogP contribution in [0.25, 0.3) is 0 Å². The Bertz CT molecular complexity index is 433. The number of rotatable bonds is 5. The van der Waals surface area contributed by atoms with Crippen LogP contribution in [0.4, 0.5) is 4.39 Å². The standard InChI is InChI=1S/C11H12FNO4/c1-16-9(14)5-6-17-8-4-2-3-7(12)10(8)11(13)15/h2-4H,5-6H2,1H3,(H2,13,15). The largest absolute Gasteiger partial charge is 0.492 e. The van der Waals surface area contributed by atoms with Gasteiger partial charge < -0.3 is 15.2 Å². The number of nitrogens with two attached hydrogens (primary N) is 1. The molecule has 1 aromatic carbocycles. The zero-order chi connectivity index (χ0) is 12.8. The zero-order valence-corrected chi connectivity index (χ0v) is 9.23. The van der Waals surface area contributed by atoms with Gasteiger partial charge in [0.2, 0.25) is 0 Å². The lowest BCUT2D eigenvalue weighted by molar-refractivity contribution is -0.141. The molecule has 0 saturated carbocycles. The second-order valence-corrected chi connectivity index (χ2v) is 3.15. The first-order valence-corrected chi connectivity index (χ1v) is 4.84. The monoisotopic (exact) mass is 241 g/mol. The average Bonchev–Trinajstić information content (AvgIpc) is 2.28. The van der Waals surface area contributed by atoms with Gasteiger partial charge in [-0.25, -0.2) is 4.39 Å². The fourth-order valence-corrected chi connectivity index (χ4v) is 1.21. The number of methoxy groups -OCH3 is 1. The summed E-state index contributed by atoms with van der Waals surface area (Å²) in [7, 11) is 1.25. The molecule has 17 heavy (non-hydrogen) atoms. The summed E-state index contributed by atoms with van der Waals surface area (Å²) in [5.74, 6) is -2.12. The summed E-state index contributed by atoms with van der Waals surface area (Å²) in [4.78, 5) is 21.8. The Morgan fingerprint density at radius 2 is 2.12 bits per heavy atom. The molecule has 0 aliphatic heterocycles. The van der Waals surface area contributed by atoms with Gasteiger partial charge in [-0.2, -0.15) is 0 Å². The molecule has 1 aromatic rings. The molecule has 5 nitrogen and oxygen atoms in total. The molecule has 0 aliphatic rings. The van der Waals surface area contributed by atoms with Gasteiger partial charge in [-0.05, 0) is 12.1 Å². The van der Waals surface area contributed by atoms with E-state index in [4.69, 9.17) is 10.5 Å². The second kappa shape index (κ2) is 5.83. The smallest absolute Gasteiger partial charge is 0.308 e. The van der Waals surface area contributed by atoms with Gasteiger partial charge in [-0.1, -0.05) is 6.07 Å². The van der Waals surface area contributed by atoms with Gasteiger partial charge in [-0.3, -0.25) is 9.59 Å². The van der Waals surface area contributed by atoms with E-state index in [1.54, 1.807) is 0 Å². The highest BCUT2D eigenvalue weighted by atomic mass is 19.1. The summed E-state index contributed by atoms with van der Waals surface area (Å²) in [6, 6.07) is 3.89. The maximum Gasteiger partial charge on any atom is 0.308 e. The van der Waals surface area contributed by atoms with Crippen molar-refractivity contribution in [1.29, 1.82) is 0 Å². The van der Waals surface area contributed by atoms with Crippen LogP contribution >= 0.6 is 0 Å². The third-order valence-electron chi connectivity index (χ3n) is 2.01. The van der Waals surface area contributed by atoms with Gasteiger partial charge in [-0.15, -0.1) is 0 Å². The van der Waals surface area contributed by atoms with Crippen LogP contribution in [0.2, 0.25) is 0 Å². The number of esters is 1. The molecular weight excluding hydrogens is 229 g/mol. The molecule has 0 radical (unpaired) electrons. The van der Waals surface area contributed by atoms with Gasteiger partial charge in [0.05, 0.1) is 20.1 Å². The Morgan fingerprint density at radius 3 is 2.71 bits per heavy atom. The first kappa shape index (κ1) is 13.0. The number of carbonyl (C=O) groups excluding carboxylic acids is 2. The molecule has 0 fully saturated rings. The minimum absolute atomic E-state index is 0.00517. The molecule has 1 rings (SSSR count). The van der Waals surface area contributed by atoms with Crippen LogP contribution in [0.1, 0.15) is 16.8 Å². The van der Waals surface area contributed by atoms with Crippen LogP contribution in [-0.2, 0) is 9.53 Å². The van der Waals surface area contributed by atoms with Crippen molar-refractivity contribution in [2.75, 3.05) is 13.7 Å². The van der Waals surface area contributed by atoms with Crippen molar-refractivity contribution >= 4 is 11.9 Å². The number of hydrogen-bond donors (Lipinski definition) is 1. The Kier molecular flexibility index (Phi) is 4.45. The molecule has 0 aromatic heterocycles. The quantitative estimate of drug-likeness (QED) is 0.776. The lowest BCUT2D eigenvalue weighted by Gasteiger charge is -2.09. The van der Waals surface area contributed by atoms with E-state index >= 15 is 0 Å². The minimum Gasteiger partial charge on any atom is -0.492 e. The topological polar surface area (TPSA) is 78.6 Å². The molecule has 0 aliphatic carbocycles. The summed E-state index contributed by atoms with van der Waals surface area (Å²) >= 11 is 0. The highest BCUT2D eigenvalue weighted by Crippen LogP contribution is 2.20. The van der Waals surface area contributed by atoms with Gasteiger partial charge in [0, 0.05) is 0 Å². The van der Waals surface area contributed by atoms with E-state index in [0.29, 0.717) is 0 Å². The summed E-state index contributed by atoms with van der Waals surface area (Å²) in [5, 5.41) is 0. The highest BCUT2D eigenvalue weighted by Gasteiger charge is 2.15. The van der Waals surface area contributed by atoms with Gasteiger partial charge >= 0.3 is 5.97 Å². The third kappa shape index (κ3) is 3.44. The molecule has 92 valence electrons. The summed E-state index contributed by atoms with van der Waals surface area (Å²) < 4.78 is 22.8. The van der Waals surface area contributed by atoms with Crippen molar-refractivity contribution in [2.24, 2.45) is 5.73 Å². The van der Waals surface area contributed by atoms with Crippen LogP contribution in [0.5, 0.6) is 5.75 Å². The van der Waals surface area contributed by atoms with Crippen molar-refractivity contribution in [3.8, 4) is 5.75 Å². The average molecular weight is 241 g/mol. The number of carbonyl (C=O) groups is 2. The van der Waals surface area contributed by atoms with E-state index in [1.165, 1.54) is 19.2 Å². The molecular formula is C11H12FNO4. The highest BCUT2D eigenvalue weighted by molar-refractivity contribution is 5.95. The molecule has 0 atom stereocenters. The number of ether oxygens (including phenoxy) is 2. The number of primary amides is 1. The number of benzene rings is 1. The van der Waals surface area contributed by atoms with Crippen molar-refractivity contribution in [2.45, 2.75) is 6.42 Å². The molecule has 0 saturated heterocycles. The van der Waals surface area contributed by atoms with Gasteiger partial charge in [0.25, 0.3) is 5.91 Å². The summed E-state index contributed by atoms with van der Waals surface area (Å²) in [6.45, 7) is -0.0175. The van der Waals surface area contributed by atoms with Crippen LogP contribution in [0.15, 0.2) is 18.2 Å². The Balaban J connectivity index is 2.74. The molecule has 0 spiro atoms. The van der Waals surface area contributed by atoms with Crippen molar-refractivity contribution < 1.29 is 23.5 Å². The zero-order valence-electron chi connectivity index (χ0n) is 9.23. The van der Waals surface area contributed by atoms with Crippen LogP contribution in [-0.4, -0.2) is 25.6 Å². The fourth-order valence-electron chi connectivity index (χ4n) is 1.21. The Morgan fingerprint density at radius 1 is 1.41 bits per heavy atom. The van der Waals surface area contributed by atoms with Crippen molar-refractivity contribution in [3.05, 3.63) is 29.6 Å². The number of halogens is 1. The van der Waals surface area contributed by atoms with Crippen molar-refractivity contribution in [1.82, 2.24) is 0 Å². The first-order valence-electron chi connectivity index (χ1n) is 4.84. The predicted molar refractivity (Wildman–Crippen MR) is 57.0 cm³/mol. The molecule has 2 N–H and O–H groups in total. The maximum absolute atomic E-state index is 13.3. The SMILES string of the molecule is COC(=O)CCOc1cccc(F)c1C(N)=O. The van der Waals surface area contributed by atoms with E-state index in [1.807, 2.05) is 0 Å². The lowest BCUT2D eigenvalue weighted by atomic mass is 10.2.